The van der Waals surface area contributed by atoms with Gasteiger partial charge in [-0.2, -0.15) is 0 Å². The van der Waals surface area contributed by atoms with E-state index in [9.17, 15) is 0 Å². The molecule has 0 unspecified atom stereocenters. The summed E-state index contributed by atoms with van der Waals surface area (Å²) in [5.74, 6) is 0.438. The Bertz CT molecular complexity index is 124. The Morgan fingerprint density at radius 2 is 2.38 bits per heavy atom. The van der Waals surface area contributed by atoms with Crippen LogP contribution >= 0.6 is 0 Å². The summed E-state index contributed by atoms with van der Waals surface area (Å²) in [5, 5.41) is 6.55. The highest BCUT2D eigenvalue weighted by molar-refractivity contribution is 5.94. The van der Waals surface area contributed by atoms with Gasteiger partial charge in [0.2, 0.25) is 0 Å². The van der Waals surface area contributed by atoms with E-state index in [4.69, 9.17) is 11.1 Å². The van der Waals surface area contributed by atoms with Gasteiger partial charge in [-0.05, 0) is 12.2 Å². The summed E-state index contributed by atoms with van der Waals surface area (Å²) in [4.78, 5) is 3.63. The van der Waals surface area contributed by atoms with E-state index in [1.807, 2.05) is 0 Å². The van der Waals surface area contributed by atoms with Crippen LogP contribution < -0.4 is 5.73 Å². The zero-order chi connectivity index (χ0) is 6.41. The summed E-state index contributed by atoms with van der Waals surface area (Å²) < 4.78 is 0. The number of nitrogens with zero attached hydrogens (tertiary/aromatic N) is 1. The number of rotatable bonds is 2. The topological polar surface area (TPSA) is 62.2 Å². The molecule has 3 heteroatoms. The third kappa shape index (κ3) is 3.08. The minimum absolute atomic E-state index is 0.438. The van der Waals surface area contributed by atoms with E-state index in [1.165, 1.54) is 6.08 Å². The van der Waals surface area contributed by atoms with Gasteiger partial charge in [0.1, 0.15) is 5.84 Å². The highest BCUT2D eigenvalue weighted by Gasteiger charge is 1.73. The molecule has 0 aliphatic heterocycles. The molecule has 0 rings (SSSR count). The fraction of sp³-hybridized carbons (Fsp3) is 0.200. The quantitative estimate of drug-likeness (QED) is 0.387. The zero-order valence-corrected chi connectivity index (χ0v) is 4.76. The highest BCUT2D eigenvalue weighted by atomic mass is 14.8. The van der Waals surface area contributed by atoms with Crippen molar-refractivity contribution in [3.63, 3.8) is 0 Å². The van der Waals surface area contributed by atoms with Crippen LogP contribution in [0.1, 0.15) is 0 Å². The average Bonchev–Trinajstić information content (AvgIpc) is 1.83. The zero-order valence-electron chi connectivity index (χ0n) is 4.76. The van der Waals surface area contributed by atoms with Crippen molar-refractivity contribution in [3.05, 3.63) is 12.2 Å². The van der Waals surface area contributed by atoms with Gasteiger partial charge >= 0.3 is 0 Å². The van der Waals surface area contributed by atoms with Crippen LogP contribution in [0.4, 0.5) is 0 Å². The van der Waals surface area contributed by atoms with Crippen LogP contribution in [0.5, 0.6) is 0 Å². The van der Waals surface area contributed by atoms with E-state index in [2.05, 4.69) is 4.99 Å². The lowest BCUT2D eigenvalue weighted by molar-refractivity contribution is 1.41. The van der Waals surface area contributed by atoms with Gasteiger partial charge in [-0.25, -0.2) is 0 Å². The molecule has 0 aromatic carbocycles. The van der Waals surface area contributed by atoms with Crippen molar-refractivity contribution in [2.45, 2.75) is 0 Å². The molecule has 44 valence electrons. The van der Waals surface area contributed by atoms with Gasteiger partial charge in [-0.15, -0.1) is 0 Å². The second-order valence-electron chi connectivity index (χ2n) is 1.17. The molecule has 0 fully saturated rings. The highest BCUT2D eigenvalue weighted by Crippen LogP contribution is 1.67. The lowest BCUT2D eigenvalue weighted by atomic mass is 10.5. The molecular weight excluding hydrogens is 102 g/mol. The van der Waals surface area contributed by atoms with Crippen molar-refractivity contribution in [1.82, 2.24) is 0 Å². The summed E-state index contributed by atoms with van der Waals surface area (Å²) in [6, 6.07) is 0. The molecule has 0 aliphatic rings. The summed E-state index contributed by atoms with van der Waals surface area (Å²) in [6.45, 7) is 0. The summed E-state index contributed by atoms with van der Waals surface area (Å²) in [7, 11) is 1.60. The average molecular weight is 111 g/mol. The molecule has 0 saturated carbocycles. The van der Waals surface area contributed by atoms with Crippen LogP contribution in [0.3, 0.4) is 0 Å². The Hall–Kier alpha value is -1.12. The molecule has 0 aromatic rings. The van der Waals surface area contributed by atoms with E-state index in [-0.39, 0.29) is 0 Å². The van der Waals surface area contributed by atoms with Gasteiger partial charge in [-0.1, -0.05) is 0 Å². The van der Waals surface area contributed by atoms with Crippen LogP contribution in [-0.4, -0.2) is 19.1 Å². The fourth-order valence-electron chi connectivity index (χ4n) is 0.221. The Kier molecular flexibility index (Phi) is 3.48. The lowest BCUT2D eigenvalue weighted by Crippen LogP contribution is -2.06. The predicted molar refractivity (Wildman–Crippen MR) is 35.5 cm³/mol. The van der Waals surface area contributed by atoms with Gasteiger partial charge in [0.15, 0.2) is 0 Å². The van der Waals surface area contributed by atoms with Crippen LogP contribution in [0.2, 0.25) is 0 Å². The van der Waals surface area contributed by atoms with Crippen molar-refractivity contribution in [3.8, 4) is 0 Å². The number of hydrogen-bond donors (Lipinski definition) is 2. The summed E-state index contributed by atoms with van der Waals surface area (Å²) in [6.07, 6.45) is 4.23. The van der Waals surface area contributed by atoms with Crippen LogP contribution in [0.25, 0.3) is 0 Å². The van der Waals surface area contributed by atoms with E-state index in [1.54, 1.807) is 13.1 Å². The summed E-state index contributed by atoms with van der Waals surface area (Å²) >= 11 is 0. The Balaban J connectivity index is 3.69. The second kappa shape index (κ2) is 4.05. The van der Waals surface area contributed by atoms with Crippen molar-refractivity contribution < 1.29 is 0 Å². The molecule has 0 spiro atoms. The first-order chi connectivity index (χ1) is 3.81. The van der Waals surface area contributed by atoms with Gasteiger partial charge in [-0.3, -0.25) is 4.99 Å². The Morgan fingerprint density at radius 1 is 1.75 bits per heavy atom. The molecule has 0 atom stereocenters. The van der Waals surface area contributed by atoms with Gasteiger partial charge in [0.25, 0.3) is 0 Å². The minimum atomic E-state index is 0.438. The molecule has 0 amide bonds. The molecular formula is C5H9N3. The van der Waals surface area contributed by atoms with Gasteiger partial charge in [0, 0.05) is 13.3 Å². The van der Waals surface area contributed by atoms with Crippen LogP contribution in [0.15, 0.2) is 17.1 Å². The number of aliphatic imine (C=N–C) groups is 1. The normalized spacial score (nSPS) is 12.4. The van der Waals surface area contributed by atoms with Gasteiger partial charge < -0.3 is 11.1 Å². The maximum atomic E-state index is 6.55. The second-order valence-corrected chi connectivity index (χ2v) is 1.17. The summed E-state index contributed by atoms with van der Waals surface area (Å²) in [5.41, 5.74) is 5.22. The SMILES string of the molecule is CN=C(N)/C=C\C=N. The van der Waals surface area contributed by atoms with Crippen LogP contribution in [0, 0.1) is 5.41 Å². The monoisotopic (exact) mass is 111 g/mol. The molecule has 3 N–H and O–H groups in total. The molecule has 8 heavy (non-hydrogen) atoms. The third-order valence-corrected chi connectivity index (χ3v) is 0.621. The first-order valence-electron chi connectivity index (χ1n) is 2.20. The molecule has 0 bridgehead atoms. The number of nitrogens with two attached hydrogens (primary N) is 1. The largest absolute Gasteiger partial charge is 0.384 e. The van der Waals surface area contributed by atoms with Crippen molar-refractivity contribution >= 4 is 12.1 Å². The number of allylic oxidation sites excluding steroid dienone is 1. The van der Waals surface area contributed by atoms with Crippen molar-refractivity contribution in [2.24, 2.45) is 10.7 Å². The van der Waals surface area contributed by atoms with Crippen LogP contribution in [-0.2, 0) is 0 Å². The standard InChI is InChI=1S/C5H9N3/c1-8-5(7)3-2-4-6/h2-4,6H,1H3,(H2,7,8)/b3-2-,6-4?. The third-order valence-electron chi connectivity index (χ3n) is 0.621. The lowest BCUT2D eigenvalue weighted by Gasteiger charge is -1.82. The number of hydrogen-bond acceptors (Lipinski definition) is 2. The maximum absolute atomic E-state index is 6.55. The molecule has 0 aromatic heterocycles. The van der Waals surface area contributed by atoms with Crippen molar-refractivity contribution in [1.29, 1.82) is 5.41 Å². The fourth-order valence-corrected chi connectivity index (χ4v) is 0.221. The molecule has 3 nitrogen and oxygen atoms in total. The predicted octanol–water partition coefficient (Wildman–Crippen LogP) is 0.179. The first kappa shape index (κ1) is 6.88. The van der Waals surface area contributed by atoms with E-state index in [0.717, 1.165) is 6.21 Å². The smallest absolute Gasteiger partial charge is 0.117 e. The Morgan fingerprint density at radius 3 is 2.75 bits per heavy atom. The van der Waals surface area contributed by atoms with Crippen molar-refractivity contribution in [2.75, 3.05) is 7.05 Å². The van der Waals surface area contributed by atoms with E-state index < -0.39 is 0 Å². The minimum Gasteiger partial charge on any atom is -0.384 e. The molecule has 0 heterocycles. The number of amidine groups is 1. The Labute approximate surface area is 48.4 Å². The molecule has 0 saturated heterocycles. The first-order valence-corrected chi connectivity index (χ1v) is 2.20. The number of nitrogens with one attached hydrogen (secondary N) is 1. The van der Waals surface area contributed by atoms with E-state index in [0.29, 0.717) is 5.84 Å². The molecule has 0 radical (unpaired) electrons. The molecule has 0 aliphatic carbocycles. The maximum Gasteiger partial charge on any atom is 0.117 e. The van der Waals surface area contributed by atoms with Gasteiger partial charge in [0.05, 0.1) is 0 Å². The van der Waals surface area contributed by atoms with E-state index >= 15 is 0 Å².